The summed E-state index contributed by atoms with van der Waals surface area (Å²) in [6, 6.07) is 62.6. The number of para-hydroxylation sites is 4. The molecule has 0 amide bonds. The van der Waals surface area contributed by atoms with E-state index in [1.165, 1.54) is 105 Å². The van der Waals surface area contributed by atoms with E-state index in [0.29, 0.717) is 0 Å². The molecule has 8 aromatic carbocycles. The maximum Gasteiger partial charge on any atom is 0.0542 e. The first kappa shape index (κ1) is 30.8. The lowest BCUT2D eigenvalue weighted by atomic mass is 10.0. The lowest BCUT2D eigenvalue weighted by molar-refractivity contribution is 1.11. The summed E-state index contributed by atoms with van der Waals surface area (Å²) < 4.78 is 7.28. The molecule has 256 valence electrons. The topological polar surface area (TPSA) is 14.8 Å². The van der Waals surface area contributed by atoms with Crippen LogP contribution in [-0.2, 0) is 0 Å². The minimum absolute atomic E-state index is 1.16. The van der Waals surface area contributed by atoms with Gasteiger partial charge in [0, 0.05) is 43.7 Å². The Hall–Kier alpha value is -6.84. The van der Waals surface area contributed by atoms with Crippen molar-refractivity contribution in [2.75, 3.05) is 0 Å². The number of rotatable bonds is 4. The van der Waals surface area contributed by atoms with Gasteiger partial charge in [-0.15, -0.1) is 0 Å². The van der Waals surface area contributed by atoms with Gasteiger partial charge in [-0.1, -0.05) is 103 Å². The lowest BCUT2D eigenvalue weighted by Gasteiger charge is -2.15. The molecular weight excluding hydrogens is 655 g/mol. The summed E-state index contributed by atoms with van der Waals surface area (Å²) >= 11 is 0. The summed E-state index contributed by atoms with van der Waals surface area (Å²) in [5, 5.41) is 7.56. The highest BCUT2D eigenvalue weighted by Crippen LogP contribution is 2.40. The largest absolute Gasteiger partial charge is 0.309 e. The third kappa shape index (κ3) is 4.42. The number of hydrogen-bond acceptors (Lipinski definition) is 0. The van der Waals surface area contributed by atoms with Gasteiger partial charge >= 0.3 is 0 Å². The molecule has 0 bridgehead atoms. The van der Waals surface area contributed by atoms with E-state index in [9.17, 15) is 0 Å². The van der Waals surface area contributed by atoms with Crippen molar-refractivity contribution in [1.82, 2.24) is 13.7 Å². The van der Waals surface area contributed by atoms with Crippen LogP contribution >= 0.6 is 0 Å². The highest BCUT2D eigenvalue weighted by molar-refractivity contribution is 6.14. The second kappa shape index (κ2) is 11.6. The zero-order valence-electron chi connectivity index (χ0n) is 30.5. The standard InChI is InChI=1S/C51H37N3/c1-32-27-33(2)51(34(3)28-32)54-47-20-12-9-16-40(47)43-30-36(22-25-50(43)54)35-21-24-48-42(29-35)39-15-7-11-19-46(39)53(48)38-23-26-49-44(31-38)41-17-8-10-18-45(41)52(49)37-13-5-4-6-14-37/h4-31H,1-3H3. The highest BCUT2D eigenvalue weighted by atomic mass is 15.0. The zero-order valence-corrected chi connectivity index (χ0v) is 30.5. The zero-order chi connectivity index (χ0) is 36.1. The van der Waals surface area contributed by atoms with Crippen molar-refractivity contribution in [3.05, 3.63) is 187 Å². The van der Waals surface area contributed by atoms with Crippen LogP contribution in [-0.4, -0.2) is 13.7 Å². The predicted molar refractivity (Wildman–Crippen MR) is 229 cm³/mol. The molecule has 0 unspecified atom stereocenters. The number of aromatic nitrogens is 3. The number of fused-ring (bicyclic) bond motifs is 9. The van der Waals surface area contributed by atoms with Gasteiger partial charge in [-0.2, -0.15) is 0 Å². The van der Waals surface area contributed by atoms with Crippen molar-refractivity contribution in [2.45, 2.75) is 20.8 Å². The van der Waals surface area contributed by atoms with Crippen LogP contribution in [0, 0.1) is 20.8 Å². The van der Waals surface area contributed by atoms with E-state index >= 15 is 0 Å². The van der Waals surface area contributed by atoms with E-state index in [-0.39, 0.29) is 0 Å². The van der Waals surface area contributed by atoms with Crippen molar-refractivity contribution >= 4 is 65.4 Å². The molecule has 0 radical (unpaired) electrons. The van der Waals surface area contributed by atoms with E-state index in [1.807, 2.05) is 0 Å². The van der Waals surface area contributed by atoms with Gasteiger partial charge in [0.1, 0.15) is 0 Å². The molecule has 0 saturated heterocycles. The molecule has 3 heterocycles. The summed E-state index contributed by atoms with van der Waals surface area (Å²) in [5.41, 5.74) is 17.2. The summed E-state index contributed by atoms with van der Waals surface area (Å²) in [6.07, 6.45) is 0. The first-order valence-corrected chi connectivity index (χ1v) is 18.8. The quantitative estimate of drug-likeness (QED) is 0.175. The molecule has 11 rings (SSSR count). The third-order valence-electron chi connectivity index (χ3n) is 11.5. The molecule has 0 N–H and O–H groups in total. The van der Waals surface area contributed by atoms with Crippen molar-refractivity contribution in [2.24, 2.45) is 0 Å². The Morgan fingerprint density at radius 3 is 1.26 bits per heavy atom. The van der Waals surface area contributed by atoms with Gasteiger partial charge in [-0.25, -0.2) is 0 Å². The van der Waals surface area contributed by atoms with Crippen LogP contribution in [0.4, 0.5) is 0 Å². The molecular formula is C51H37N3. The summed E-state index contributed by atoms with van der Waals surface area (Å²) in [4.78, 5) is 0. The molecule has 0 saturated carbocycles. The Kier molecular flexibility index (Phi) is 6.60. The van der Waals surface area contributed by atoms with Crippen LogP contribution in [0.2, 0.25) is 0 Å². The Morgan fingerprint density at radius 2 is 0.704 bits per heavy atom. The number of nitrogens with zero attached hydrogens (tertiary/aromatic N) is 3. The maximum atomic E-state index is 2.46. The fourth-order valence-corrected chi connectivity index (χ4v) is 9.30. The lowest BCUT2D eigenvalue weighted by Crippen LogP contribution is -2.00. The Morgan fingerprint density at radius 1 is 0.296 bits per heavy atom. The van der Waals surface area contributed by atoms with Gasteiger partial charge in [0.2, 0.25) is 0 Å². The maximum absolute atomic E-state index is 2.46. The molecule has 0 fully saturated rings. The van der Waals surface area contributed by atoms with Gasteiger partial charge < -0.3 is 13.7 Å². The third-order valence-corrected chi connectivity index (χ3v) is 11.5. The van der Waals surface area contributed by atoms with Crippen LogP contribution in [0.15, 0.2) is 170 Å². The average Bonchev–Trinajstić information content (AvgIpc) is 3.83. The molecule has 0 aliphatic carbocycles. The minimum Gasteiger partial charge on any atom is -0.309 e. The number of benzene rings is 8. The van der Waals surface area contributed by atoms with E-state index in [0.717, 1.165) is 5.69 Å². The second-order valence-corrected chi connectivity index (χ2v) is 14.8. The summed E-state index contributed by atoms with van der Waals surface area (Å²) in [6.45, 7) is 6.65. The van der Waals surface area contributed by atoms with E-state index < -0.39 is 0 Å². The molecule has 11 aromatic rings. The van der Waals surface area contributed by atoms with Gasteiger partial charge in [-0.05, 0) is 116 Å². The van der Waals surface area contributed by atoms with Crippen molar-refractivity contribution in [3.63, 3.8) is 0 Å². The monoisotopic (exact) mass is 691 g/mol. The van der Waals surface area contributed by atoms with Crippen LogP contribution in [0.3, 0.4) is 0 Å². The predicted octanol–water partition coefficient (Wildman–Crippen LogP) is 13.6. The molecule has 3 aromatic heterocycles. The van der Waals surface area contributed by atoms with Crippen LogP contribution in [0.25, 0.3) is 93.6 Å². The first-order chi connectivity index (χ1) is 26.5. The highest BCUT2D eigenvalue weighted by Gasteiger charge is 2.19. The normalized spacial score (nSPS) is 12.0. The Labute approximate surface area is 313 Å². The number of aryl methyl sites for hydroxylation is 3. The molecule has 0 aliphatic heterocycles. The van der Waals surface area contributed by atoms with Crippen molar-refractivity contribution in [1.29, 1.82) is 0 Å². The van der Waals surface area contributed by atoms with E-state index in [1.54, 1.807) is 0 Å². The average molecular weight is 692 g/mol. The van der Waals surface area contributed by atoms with Crippen molar-refractivity contribution < 1.29 is 0 Å². The van der Waals surface area contributed by atoms with E-state index in [4.69, 9.17) is 0 Å². The minimum atomic E-state index is 1.16. The summed E-state index contributed by atoms with van der Waals surface area (Å²) in [5.74, 6) is 0. The first-order valence-electron chi connectivity index (χ1n) is 18.8. The van der Waals surface area contributed by atoms with Crippen LogP contribution < -0.4 is 0 Å². The molecule has 0 spiro atoms. The SMILES string of the molecule is Cc1cc(C)c(-n2c3ccccc3c3cc(-c4ccc5c(c4)c4ccccc4n5-c4ccc5c(c4)c4ccccc4n5-c4ccccc4)ccc32)c(C)c1. The molecule has 3 heteroatoms. The number of hydrogen-bond donors (Lipinski definition) is 0. The molecule has 54 heavy (non-hydrogen) atoms. The van der Waals surface area contributed by atoms with Gasteiger partial charge in [-0.3, -0.25) is 0 Å². The van der Waals surface area contributed by atoms with Crippen LogP contribution in [0.5, 0.6) is 0 Å². The van der Waals surface area contributed by atoms with Crippen molar-refractivity contribution in [3.8, 4) is 28.2 Å². The van der Waals surface area contributed by atoms with Gasteiger partial charge in [0.15, 0.2) is 0 Å². The fraction of sp³-hybridized carbons (Fsp3) is 0.0588. The van der Waals surface area contributed by atoms with Gasteiger partial charge in [0.25, 0.3) is 0 Å². The van der Waals surface area contributed by atoms with E-state index in [2.05, 4.69) is 204 Å². The van der Waals surface area contributed by atoms with Crippen LogP contribution in [0.1, 0.15) is 16.7 Å². The Bertz CT molecular complexity index is 3270. The molecule has 0 aliphatic rings. The molecule has 3 nitrogen and oxygen atoms in total. The Balaban J connectivity index is 1.10. The molecule has 0 atom stereocenters. The smallest absolute Gasteiger partial charge is 0.0542 e. The van der Waals surface area contributed by atoms with Gasteiger partial charge in [0.05, 0.1) is 38.8 Å². The summed E-state index contributed by atoms with van der Waals surface area (Å²) in [7, 11) is 0. The second-order valence-electron chi connectivity index (χ2n) is 14.8. The fourth-order valence-electron chi connectivity index (χ4n) is 9.30.